The number of hydrogen-bond acceptors (Lipinski definition) is 4. The molecule has 0 aromatic heterocycles. The average molecular weight is 391 g/mol. The molecule has 29 heavy (non-hydrogen) atoms. The van der Waals surface area contributed by atoms with Gasteiger partial charge in [0.15, 0.2) is 0 Å². The van der Waals surface area contributed by atoms with Crippen LogP contribution in [-0.2, 0) is 4.79 Å². The number of amides is 1. The van der Waals surface area contributed by atoms with Crippen molar-refractivity contribution < 1.29 is 9.72 Å². The maximum atomic E-state index is 13.0. The molecule has 1 saturated heterocycles. The third-order valence-corrected chi connectivity index (χ3v) is 5.93. The fraction of sp³-hybridized carbons (Fsp3) is 0.348. The van der Waals surface area contributed by atoms with Gasteiger partial charge in [-0.1, -0.05) is 48.5 Å². The Balaban J connectivity index is 1.36. The molecule has 2 heterocycles. The average Bonchev–Trinajstić information content (AvgIpc) is 2.79. The summed E-state index contributed by atoms with van der Waals surface area (Å²) in [5, 5.41) is 11.3. The summed E-state index contributed by atoms with van der Waals surface area (Å²) >= 11 is 0. The molecule has 0 aliphatic carbocycles. The van der Waals surface area contributed by atoms with E-state index in [2.05, 4.69) is 18.2 Å². The molecule has 150 valence electrons. The quantitative estimate of drug-likeness (QED) is 0.581. The van der Waals surface area contributed by atoms with Gasteiger partial charge in [-0.3, -0.25) is 14.9 Å². The Hall–Kier alpha value is -3.15. The Kier molecular flexibility index (Phi) is 5.60. The number of piperidine rings is 1. The van der Waals surface area contributed by atoms with Crippen LogP contribution in [0.15, 0.2) is 60.7 Å². The highest BCUT2D eigenvalue weighted by atomic mass is 16.6. The number of carbonyl (C=O) groups excluding carboxylic acids is 1. The van der Waals surface area contributed by atoms with Gasteiger partial charge in [0.25, 0.3) is 5.69 Å². The molecule has 0 spiro atoms. The smallest absolute Gasteiger partial charge is 0.292 e. The normalized spacial score (nSPS) is 17.7. The molecule has 2 aromatic carbocycles. The molecular formula is C23H25N3O3. The molecule has 1 amide bonds. The Morgan fingerprint density at radius 3 is 2.31 bits per heavy atom. The molecular weight excluding hydrogens is 366 g/mol. The van der Waals surface area contributed by atoms with Crippen LogP contribution in [0.3, 0.4) is 0 Å². The van der Waals surface area contributed by atoms with E-state index in [4.69, 9.17) is 0 Å². The molecule has 2 aliphatic heterocycles. The highest BCUT2D eigenvalue weighted by molar-refractivity contribution is 5.81. The fourth-order valence-corrected chi connectivity index (χ4v) is 4.30. The predicted octanol–water partition coefficient (Wildman–Crippen LogP) is 4.13. The van der Waals surface area contributed by atoms with Crippen LogP contribution in [0.2, 0.25) is 0 Å². The summed E-state index contributed by atoms with van der Waals surface area (Å²) in [6, 6.07) is 17.2. The van der Waals surface area contributed by atoms with Crippen molar-refractivity contribution in [3.05, 3.63) is 76.4 Å². The first-order valence-corrected chi connectivity index (χ1v) is 10.1. The number of anilines is 1. The van der Waals surface area contributed by atoms with Gasteiger partial charge < -0.3 is 9.80 Å². The second-order valence-corrected chi connectivity index (χ2v) is 7.64. The van der Waals surface area contributed by atoms with Gasteiger partial charge in [0.1, 0.15) is 5.69 Å². The van der Waals surface area contributed by atoms with Crippen LogP contribution in [0.4, 0.5) is 11.4 Å². The summed E-state index contributed by atoms with van der Waals surface area (Å²) in [6.07, 6.45) is 4.51. The molecule has 4 rings (SSSR count). The third-order valence-electron chi connectivity index (χ3n) is 5.93. The molecule has 0 unspecified atom stereocenters. The van der Waals surface area contributed by atoms with Crippen LogP contribution in [0.5, 0.6) is 0 Å². The second kappa shape index (κ2) is 8.47. The third kappa shape index (κ3) is 4.16. The molecule has 0 N–H and O–H groups in total. The van der Waals surface area contributed by atoms with Crippen molar-refractivity contribution in [2.75, 3.05) is 31.1 Å². The zero-order valence-corrected chi connectivity index (χ0v) is 16.4. The van der Waals surface area contributed by atoms with Crippen molar-refractivity contribution in [1.29, 1.82) is 0 Å². The van der Waals surface area contributed by atoms with Gasteiger partial charge in [-0.25, -0.2) is 0 Å². The van der Waals surface area contributed by atoms with E-state index in [1.54, 1.807) is 12.1 Å². The van der Waals surface area contributed by atoms with E-state index in [1.807, 2.05) is 34.1 Å². The molecule has 0 atom stereocenters. The van der Waals surface area contributed by atoms with E-state index < -0.39 is 0 Å². The van der Waals surface area contributed by atoms with Crippen LogP contribution in [0.25, 0.3) is 5.57 Å². The summed E-state index contributed by atoms with van der Waals surface area (Å²) in [6.45, 7) is 2.75. The monoisotopic (exact) mass is 391 g/mol. The number of nitro benzene ring substituents is 1. The highest BCUT2D eigenvalue weighted by Crippen LogP contribution is 2.32. The number of benzene rings is 2. The van der Waals surface area contributed by atoms with Crippen molar-refractivity contribution >= 4 is 22.9 Å². The summed E-state index contributed by atoms with van der Waals surface area (Å²) in [5.74, 6) is 0.219. The zero-order valence-electron chi connectivity index (χ0n) is 16.4. The van der Waals surface area contributed by atoms with E-state index in [0.29, 0.717) is 25.3 Å². The summed E-state index contributed by atoms with van der Waals surface area (Å²) in [5.41, 5.74) is 3.32. The van der Waals surface area contributed by atoms with Gasteiger partial charge in [0.05, 0.1) is 4.92 Å². The second-order valence-electron chi connectivity index (χ2n) is 7.64. The first-order chi connectivity index (χ1) is 14.1. The van der Waals surface area contributed by atoms with Gasteiger partial charge in [0, 0.05) is 38.2 Å². The predicted molar refractivity (Wildman–Crippen MR) is 114 cm³/mol. The molecule has 0 bridgehead atoms. The first kappa shape index (κ1) is 19.2. The molecule has 0 radical (unpaired) electrons. The number of rotatable bonds is 4. The van der Waals surface area contributed by atoms with Crippen molar-refractivity contribution in [3.63, 3.8) is 0 Å². The molecule has 6 nitrogen and oxygen atoms in total. The van der Waals surface area contributed by atoms with E-state index >= 15 is 0 Å². The lowest BCUT2D eigenvalue weighted by Crippen LogP contribution is -2.44. The van der Waals surface area contributed by atoms with Crippen molar-refractivity contribution in [2.24, 2.45) is 5.92 Å². The lowest BCUT2D eigenvalue weighted by atomic mass is 9.93. The number of para-hydroxylation sites is 2. The fourth-order valence-electron chi connectivity index (χ4n) is 4.30. The minimum atomic E-state index is -0.336. The maximum Gasteiger partial charge on any atom is 0.292 e. The largest absolute Gasteiger partial charge is 0.366 e. The number of nitro groups is 1. The first-order valence-electron chi connectivity index (χ1n) is 10.1. The zero-order chi connectivity index (χ0) is 20.2. The molecule has 6 heteroatoms. The maximum absolute atomic E-state index is 13.0. The summed E-state index contributed by atoms with van der Waals surface area (Å²) < 4.78 is 0. The molecule has 0 saturated carbocycles. The van der Waals surface area contributed by atoms with E-state index in [9.17, 15) is 14.9 Å². The summed E-state index contributed by atoms with van der Waals surface area (Å²) in [7, 11) is 0. The SMILES string of the molecule is O=C(C1CCN(c2ccccc2[N+](=O)[O-])CC1)N1CC=C(c2ccccc2)CC1. The number of carbonyl (C=O) groups is 1. The minimum Gasteiger partial charge on any atom is -0.366 e. The van der Waals surface area contributed by atoms with E-state index in [0.717, 1.165) is 25.8 Å². The number of hydrogen-bond donors (Lipinski definition) is 0. The van der Waals surface area contributed by atoms with Gasteiger partial charge in [-0.15, -0.1) is 0 Å². The van der Waals surface area contributed by atoms with Crippen LogP contribution in [-0.4, -0.2) is 41.9 Å². The highest BCUT2D eigenvalue weighted by Gasteiger charge is 2.31. The summed E-state index contributed by atoms with van der Waals surface area (Å²) in [4.78, 5) is 27.9. The Labute approximate surface area is 170 Å². The molecule has 2 aromatic rings. The standard InChI is InChI=1S/C23H25N3O3/c27-23(25-16-10-19(11-17-25)18-6-2-1-3-7-18)20-12-14-24(15-13-20)21-8-4-5-9-22(21)26(28)29/h1-10,20H,11-17H2. The lowest BCUT2D eigenvalue weighted by Gasteiger charge is -2.36. The van der Waals surface area contributed by atoms with Crippen molar-refractivity contribution in [3.8, 4) is 0 Å². The van der Waals surface area contributed by atoms with Crippen molar-refractivity contribution in [1.82, 2.24) is 4.90 Å². The van der Waals surface area contributed by atoms with Gasteiger partial charge in [-0.2, -0.15) is 0 Å². The minimum absolute atomic E-state index is 0.000642. The Bertz CT molecular complexity index is 918. The van der Waals surface area contributed by atoms with Gasteiger partial charge in [-0.05, 0) is 36.5 Å². The van der Waals surface area contributed by atoms with E-state index in [-0.39, 0.29) is 22.4 Å². The Morgan fingerprint density at radius 2 is 1.66 bits per heavy atom. The van der Waals surface area contributed by atoms with Gasteiger partial charge in [0.2, 0.25) is 5.91 Å². The molecule has 2 aliphatic rings. The van der Waals surface area contributed by atoms with E-state index in [1.165, 1.54) is 17.2 Å². The molecule has 1 fully saturated rings. The number of nitrogens with zero attached hydrogens (tertiary/aromatic N) is 3. The van der Waals surface area contributed by atoms with Gasteiger partial charge >= 0.3 is 0 Å². The van der Waals surface area contributed by atoms with Crippen molar-refractivity contribution in [2.45, 2.75) is 19.3 Å². The topological polar surface area (TPSA) is 66.7 Å². The van der Waals surface area contributed by atoms with Crippen LogP contribution >= 0.6 is 0 Å². The Morgan fingerprint density at radius 1 is 0.966 bits per heavy atom. The van der Waals surface area contributed by atoms with Crippen LogP contribution in [0, 0.1) is 16.0 Å². The lowest BCUT2D eigenvalue weighted by molar-refractivity contribution is -0.384. The van der Waals surface area contributed by atoms with Crippen LogP contribution < -0.4 is 4.90 Å². The van der Waals surface area contributed by atoms with Crippen LogP contribution in [0.1, 0.15) is 24.8 Å².